The average Bonchev–Trinajstić information content (AvgIpc) is 3.93. The van der Waals surface area contributed by atoms with E-state index in [4.69, 9.17) is 14.2 Å². The van der Waals surface area contributed by atoms with Crippen molar-refractivity contribution in [2.45, 2.75) is 256 Å². The zero-order valence-corrected chi connectivity index (χ0v) is 49.9. The van der Waals surface area contributed by atoms with Gasteiger partial charge in [-0.1, -0.05) is 189 Å². The monoisotopic (exact) mass is 1010 g/mol. The van der Waals surface area contributed by atoms with Gasteiger partial charge in [0.15, 0.2) is 0 Å². The summed E-state index contributed by atoms with van der Waals surface area (Å²) in [5, 5.41) is 21.0. The van der Waals surface area contributed by atoms with Crippen molar-refractivity contribution in [2.24, 2.45) is 34.5 Å². The zero-order valence-electron chi connectivity index (χ0n) is 49.9. The van der Waals surface area contributed by atoms with Gasteiger partial charge in [-0.3, -0.25) is 0 Å². The Bertz CT molecular complexity index is 2410. The smallest absolute Gasteiger partial charge is 0.127 e. The van der Waals surface area contributed by atoms with Crippen LogP contribution in [0.3, 0.4) is 0 Å². The van der Waals surface area contributed by atoms with Gasteiger partial charge in [0, 0.05) is 28.9 Å². The lowest BCUT2D eigenvalue weighted by molar-refractivity contribution is 0.0502. The van der Waals surface area contributed by atoms with E-state index < -0.39 is 0 Å². The number of aliphatic hydroxyl groups excluding tert-OH is 2. The number of hydrogen-bond acceptors (Lipinski definition) is 5. The lowest BCUT2D eigenvalue weighted by Gasteiger charge is -2.41. The van der Waals surface area contributed by atoms with Gasteiger partial charge in [-0.15, -0.1) is 0 Å². The van der Waals surface area contributed by atoms with Crippen molar-refractivity contribution in [2.75, 3.05) is 0 Å². The van der Waals surface area contributed by atoms with Gasteiger partial charge in [0.25, 0.3) is 0 Å². The van der Waals surface area contributed by atoms with Crippen molar-refractivity contribution in [3.63, 3.8) is 0 Å². The van der Waals surface area contributed by atoms with Gasteiger partial charge >= 0.3 is 0 Å². The fourth-order valence-electron chi connectivity index (χ4n) is 13.7. The topological polar surface area (TPSA) is 71.5 Å². The SMILES string of the molecule is CC1=C(/C=C/C(C)=C/C=C/C(C)=C/C=C/C=C(\C)[C@H]2Oc3c(C)c(C)c4c(c3C[C@H]2/C=C(C)/C=C/[C@@]23O[C@]2(C)C[C@@H](O)CC3(C)C)CC[C@](C)(CCC[C@H](C)CCC[C@@H](C)CCCC(C)C)O4)C(C)(C)C[C@@H](O)C1. The molecule has 410 valence electrons. The number of rotatable bonds is 22. The van der Waals surface area contributed by atoms with Crippen molar-refractivity contribution < 1.29 is 24.4 Å². The van der Waals surface area contributed by atoms with Crippen molar-refractivity contribution in [1.29, 1.82) is 0 Å². The number of allylic oxidation sites excluding steroid dienone is 14. The molecule has 0 amide bonds. The maximum absolute atomic E-state index is 10.7. The number of ether oxygens (including phenoxy) is 3. The summed E-state index contributed by atoms with van der Waals surface area (Å²) in [6.45, 7) is 38.4. The lowest BCUT2D eigenvalue weighted by Crippen LogP contribution is -2.46. The van der Waals surface area contributed by atoms with E-state index in [1.807, 2.05) is 0 Å². The Kier molecular flexibility index (Phi) is 20.0. The van der Waals surface area contributed by atoms with Crippen LogP contribution in [0.15, 0.2) is 106 Å². The van der Waals surface area contributed by atoms with Crippen LogP contribution in [0.5, 0.6) is 11.5 Å². The van der Waals surface area contributed by atoms with Crippen LogP contribution >= 0.6 is 0 Å². The molecule has 5 aliphatic rings. The van der Waals surface area contributed by atoms with Crippen LogP contribution in [-0.2, 0) is 17.6 Å². The molecule has 0 spiro atoms. The summed E-state index contributed by atoms with van der Waals surface area (Å²) in [6.07, 6.45) is 43.5. The second-order valence-electron chi connectivity index (χ2n) is 26.9. The molecular formula is C69H104O5. The molecule has 0 unspecified atom stereocenters. The summed E-state index contributed by atoms with van der Waals surface area (Å²) in [5.74, 6) is 4.69. The van der Waals surface area contributed by atoms with E-state index in [0.717, 1.165) is 74.2 Å². The summed E-state index contributed by atoms with van der Waals surface area (Å²) in [5.41, 5.74) is 11.4. The van der Waals surface area contributed by atoms with Gasteiger partial charge in [0.1, 0.15) is 34.4 Å². The predicted octanol–water partition coefficient (Wildman–Crippen LogP) is 18.0. The molecule has 1 aromatic rings. The van der Waals surface area contributed by atoms with Gasteiger partial charge in [-0.2, -0.15) is 0 Å². The molecule has 1 aromatic carbocycles. The minimum Gasteiger partial charge on any atom is -0.487 e. The van der Waals surface area contributed by atoms with Gasteiger partial charge in [0.05, 0.1) is 12.2 Å². The third-order valence-electron chi connectivity index (χ3n) is 18.3. The zero-order chi connectivity index (χ0) is 54.4. The highest BCUT2D eigenvalue weighted by atomic mass is 16.6. The van der Waals surface area contributed by atoms with Crippen LogP contribution < -0.4 is 9.47 Å². The molecule has 0 bridgehead atoms. The summed E-state index contributed by atoms with van der Waals surface area (Å²) in [4.78, 5) is 0. The second kappa shape index (κ2) is 24.8. The molecule has 1 saturated heterocycles. The Morgan fingerprint density at radius 1 is 0.662 bits per heavy atom. The Labute approximate surface area is 452 Å². The van der Waals surface area contributed by atoms with Crippen LogP contribution in [0, 0.1) is 48.3 Å². The molecule has 5 heteroatoms. The first-order valence-electron chi connectivity index (χ1n) is 29.4. The lowest BCUT2D eigenvalue weighted by atomic mass is 9.63. The molecule has 6 rings (SSSR count). The molecular weight excluding hydrogens is 909 g/mol. The second-order valence-corrected chi connectivity index (χ2v) is 26.9. The van der Waals surface area contributed by atoms with E-state index >= 15 is 0 Å². The molecule has 3 aliphatic heterocycles. The maximum Gasteiger partial charge on any atom is 0.127 e. The molecule has 74 heavy (non-hydrogen) atoms. The first-order chi connectivity index (χ1) is 34.7. The normalized spacial score (nSPS) is 30.3. The van der Waals surface area contributed by atoms with Gasteiger partial charge in [-0.25, -0.2) is 0 Å². The van der Waals surface area contributed by atoms with Gasteiger partial charge < -0.3 is 24.4 Å². The molecule has 9 atom stereocenters. The Hall–Kier alpha value is -3.64. The Morgan fingerprint density at radius 3 is 1.95 bits per heavy atom. The number of benzene rings is 1. The Morgan fingerprint density at radius 2 is 1.28 bits per heavy atom. The summed E-state index contributed by atoms with van der Waals surface area (Å²) >= 11 is 0. The fourth-order valence-corrected chi connectivity index (χ4v) is 13.7. The quantitative estimate of drug-likeness (QED) is 0.0894. The highest BCUT2D eigenvalue weighted by Gasteiger charge is 2.74. The van der Waals surface area contributed by atoms with E-state index in [-0.39, 0.29) is 51.9 Å². The van der Waals surface area contributed by atoms with Crippen molar-refractivity contribution in [1.82, 2.24) is 0 Å². The van der Waals surface area contributed by atoms with Gasteiger partial charge in [-0.05, 0) is 165 Å². The predicted molar refractivity (Wildman–Crippen MR) is 314 cm³/mol. The maximum atomic E-state index is 10.7. The van der Waals surface area contributed by atoms with E-state index in [1.54, 1.807) is 0 Å². The third-order valence-corrected chi connectivity index (χ3v) is 18.3. The highest BCUT2D eigenvalue weighted by Crippen LogP contribution is 2.66. The first-order valence-corrected chi connectivity index (χ1v) is 29.4. The van der Waals surface area contributed by atoms with Crippen LogP contribution in [0.2, 0.25) is 0 Å². The van der Waals surface area contributed by atoms with Crippen LogP contribution in [0.1, 0.15) is 216 Å². The highest BCUT2D eigenvalue weighted by molar-refractivity contribution is 5.61. The molecule has 2 fully saturated rings. The minimum atomic E-state index is -0.382. The number of aliphatic hydroxyl groups is 2. The standard InChI is InChI=1S/C69H104O5/c1-46(2)24-20-26-48(4)28-21-29-49(5)31-23-37-67(16)38-36-59-60-42-56(40-51(7)35-39-69-66(14,15)44-58(71)45-68(69,17)74-69)62(72-63(60)54(10)55(11)64(59)73-67)52(8)32-19-18-25-47(3)27-22-30-50(6)33-34-61-53(9)41-57(70)43-65(61,12)13/h18-19,22,25,27,30,32-35,39-40,46,48-49,56-58,62,70-71H,20-21,23-24,26,28-29,31,36-38,41-45H2,1-17H3/b19-18+,27-22+,34-33+,39-35+,47-25+,50-30+,51-40+,52-32+/t48-,49+,56+,57-,58-,62+,67-,68+,69-/m0/s1. The number of fused-ring (bicyclic) bond motifs is 4. The Balaban J connectivity index is 1.17. The molecule has 5 nitrogen and oxygen atoms in total. The molecule has 2 N–H and O–H groups in total. The van der Waals surface area contributed by atoms with E-state index in [0.29, 0.717) is 6.42 Å². The summed E-state index contributed by atoms with van der Waals surface area (Å²) in [6, 6.07) is 0. The van der Waals surface area contributed by atoms with Crippen LogP contribution in [-0.4, -0.2) is 45.3 Å². The average molecular weight is 1010 g/mol. The van der Waals surface area contributed by atoms with Crippen molar-refractivity contribution in [3.05, 3.63) is 129 Å². The van der Waals surface area contributed by atoms with E-state index in [2.05, 4.69) is 191 Å². The van der Waals surface area contributed by atoms with Crippen LogP contribution in [0.25, 0.3) is 0 Å². The first kappa shape index (κ1) is 59.6. The van der Waals surface area contributed by atoms with Gasteiger partial charge in [0.2, 0.25) is 0 Å². The molecule has 1 saturated carbocycles. The largest absolute Gasteiger partial charge is 0.487 e. The number of epoxide rings is 1. The van der Waals surface area contributed by atoms with Crippen molar-refractivity contribution >= 4 is 0 Å². The molecule has 0 aromatic heterocycles. The van der Waals surface area contributed by atoms with Crippen LogP contribution in [0.4, 0.5) is 0 Å². The van der Waals surface area contributed by atoms with E-state index in [1.165, 1.54) is 107 Å². The number of hydrogen-bond donors (Lipinski definition) is 2. The minimum absolute atomic E-state index is 0.0268. The third kappa shape index (κ3) is 14.7. The summed E-state index contributed by atoms with van der Waals surface area (Å²) < 4.78 is 21.1. The molecule has 0 radical (unpaired) electrons. The molecule has 3 heterocycles. The summed E-state index contributed by atoms with van der Waals surface area (Å²) in [7, 11) is 0. The van der Waals surface area contributed by atoms with E-state index in [9.17, 15) is 10.2 Å². The van der Waals surface area contributed by atoms with Crippen molar-refractivity contribution in [3.8, 4) is 11.5 Å². The fraction of sp³-hybridized carbons (Fsp3) is 0.652. The molecule has 2 aliphatic carbocycles.